The molecule has 204 valence electrons. The molecule has 3 aromatic carbocycles. The number of esters is 1. The Kier molecular flexibility index (Phi) is 8.44. The fourth-order valence-corrected chi connectivity index (χ4v) is 4.86. The Labute approximate surface area is 230 Å². The van der Waals surface area contributed by atoms with Crippen LogP contribution >= 0.6 is 0 Å². The topological polar surface area (TPSA) is 69.6 Å². The summed E-state index contributed by atoms with van der Waals surface area (Å²) in [6.07, 6.45) is -0.687. The molecule has 0 aliphatic heterocycles. The van der Waals surface area contributed by atoms with Gasteiger partial charge in [-0.05, 0) is 86.2 Å². The summed E-state index contributed by atoms with van der Waals surface area (Å²) in [5, 5.41) is 4.22. The van der Waals surface area contributed by atoms with Crippen molar-refractivity contribution in [2.75, 3.05) is 7.11 Å². The minimum absolute atomic E-state index is 0.0891. The van der Waals surface area contributed by atoms with E-state index in [0.717, 1.165) is 33.3 Å². The highest BCUT2D eigenvalue weighted by molar-refractivity contribution is 5.99. The lowest BCUT2D eigenvalue weighted by Crippen LogP contribution is -2.26. The second-order valence-electron chi connectivity index (χ2n) is 10.5. The van der Waals surface area contributed by atoms with Crippen molar-refractivity contribution in [2.24, 2.45) is 0 Å². The molecule has 6 heteroatoms. The number of carbonyl (C=O) groups excluding carboxylic acids is 2. The first-order valence-electron chi connectivity index (χ1n) is 13.4. The average molecular weight is 527 g/mol. The predicted octanol–water partition coefficient (Wildman–Crippen LogP) is 6.86. The highest BCUT2D eigenvalue weighted by Gasteiger charge is 2.18. The molecule has 39 heavy (non-hydrogen) atoms. The molecule has 0 spiro atoms. The molecule has 1 heterocycles. The van der Waals surface area contributed by atoms with Gasteiger partial charge in [0.25, 0.3) is 5.91 Å². The Morgan fingerprint density at radius 1 is 0.897 bits per heavy atom. The van der Waals surface area contributed by atoms with E-state index in [1.54, 1.807) is 6.92 Å². The van der Waals surface area contributed by atoms with Crippen LogP contribution in [0.4, 0.5) is 0 Å². The minimum Gasteiger partial charge on any atom is -0.479 e. The smallest absolute Gasteiger partial charge is 0.346 e. The summed E-state index contributed by atoms with van der Waals surface area (Å²) in [4.78, 5) is 25.0. The van der Waals surface area contributed by atoms with E-state index in [1.807, 2.05) is 49.4 Å². The fraction of sp³-hybridized carbons (Fsp3) is 0.333. The van der Waals surface area contributed by atoms with Gasteiger partial charge in [-0.2, -0.15) is 0 Å². The number of ether oxygens (including phenoxy) is 2. The van der Waals surface area contributed by atoms with Crippen LogP contribution in [-0.2, 0) is 16.1 Å². The number of amides is 1. The average Bonchev–Trinajstić information content (AvgIpc) is 3.16. The second kappa shape index (κ2) is 11.8. The third-order valence-corrected chi connectivity index (χ3v) is 7.41. The number of hydrogen-bond donors (Lipinski definition) is 1. The number of hydrogen-bond acceptors (Lipinski definition) is 4. The maximum absolute atomic E-state index is 13.2. The van der Waals surface area contributed by atoms with Gasteiger partial charge in [0.05, 0.1) is 13.2 Å². The van der Waals surface area contributed by atoms with E-state index >= 15 is 0 Å². The number of carbonyl (C=O) groups is 2. The molecular formula is C33H38N2O4. The van der Waals surface area contributed by atoms with Gasteiger partial charge in [0.2, 0.25) is 0 Å². The van der Waals surface area contributed by atoms with Gasteiger partial charge < -0.3 is 19.4 Å². The van der Waals surface area contributed by atoms with Crippen LogP contribution in [0, 0.1) is 13.8 Å². The first-order chi connectivity index (χ1) is 18.6. The molecule has 0 fully saturated rings. The number of benzene rings is 3. The van der Waals surface area contributed by atoms with Crippen LogP contribution in [0.3, 0.4) is 0 Å². The molecule has 0 bridgehead atoms. The van der Waals surface area contributed by atoms with E-state index in [2.05, 4.69) is 61.8 Å². The Hall–Kier alpha value is -4.06. The molecule has 2 atom stereocenters. The molecule has 1 N–H and O–H groups in total. The SMILES string of the molecule is COC(=O)C(C)Oc1cccc(Cn2c(C)c(C)c3cc(C(=O)N[C@@H](C)c4cccc(C(C)C)c4)ccc32)c1. The van der Waals surface area contributed by atoms with Crippen LogP contribution in [0.5, 0.6) is 5.75 Å². The lowest BCUT2D eigenvalue weighted by Gasteiger charge is -2.17. The van der Waals surface area contributed by atoms with Gasteiger partial charge in [0.15, 0.2) is 6.10 Å². The maximum atomic E-state index is 13.2. The monoisotopic (exact) mass is 526 g/mol. The quantitative estimate of drug-likeness (QED) is 0.242. The van der Waals surface area contributed by atoms with Gasteiger partial charge in [-0.15, -0.1) is 0 Å². The molecule has 0 aliphatic rings. The van der Waals surface area contributed by atoms with E-state index in [0.29, 0.717) is 23.8 Å². The van der Waals surface area contributed by atoms with E-state index in [-0.39, 0.29) is 11.9 Å². The number of nitrogens with zero attached hydrogens (tertiary/aromatic N) is 1. The zero-order valence-electron chi connectivity index (χ0n) is 23.9. The Balaban J connectivity index is 1.55. The summed E-state index contributed by atoms with van der Waals surface area (Å²) in [5.74, 6) is 0.544. The first-order valence-corrected chi connectivity index (χ1v) is 13.4. The highest BCUT2D eigenvalue weighted by atomic mass is 16.6. The van der Waals surface area contributed by atoms with Crippen LogP contribution in [0.15, 0.2) is 66.7 Å². The number of aryl methyl sites for hydroxylation is 1. The van der Waals surface area contributed by atoms with Crippen molar-refractivity contribution in [2.45, 2.75) is 66.2 Å². The summed E-state index contributed by atoms with van der Waals surface area (Å²) in [6, 6.07) is 21.9. The molecule has 6 nitrogen and oxygen atoms in total. The molecule has 4 aromatic rings. The summed E-state index contributed by atoms with van der Waals surface area (Å²) in [5.41, 5.74) is 7.39. The number of fused-ring (bicyclic) bond motifs is 1. The lowest BCUT2D eigenvalue weighted by atomic mass is 9.98. The number of nitrogens with one attached hydrogen (secondary N) is 1. The van der Waals surface area contributed by atoms with Crippen molar-refractivity contribution in [3.8, 4) is 5.75 Å². The Morgan fingerprint density at radius 2 is 1.62 bits per heavy atom. The molecule has 0 saturated heterocycles. The summed E-state index contributed by atoms with van der Waals surface area (Å²) in [7, 11) is 1.35. The van der Waals surface area contributed by atoms with Gasteiger partial charge in [0.1, 0.15) is 5.75 Å². The molecule has 0 radical (unpaired) electrons. The summed E-state index contributed by atoms with van der Waals surface area (Å²) >= 11 is 0. The molecule has 1 amide bonds. The number of methoxy groups -OCH3 is 1. The minimum atomic E-state index is -0.687. The highest BCUT2D eigenvalue weighted by Crippen LogP contribution is 2.28. The fourth-order valence-electron chi connectivity index (χ4n) is 4.86. The van der Waals surface area contributed by atoms with Gasteiger partial charge in [0, 0.05) is 28.7 Å². The number of aromatic nitrogens is 1. The van der Waals surface area contributed by atoms with Crippen LogP contribution < -0.4 is 10.1 Å². The van der Waals surface area contributed by atoms with Crippen LogP contribution in [0.2, 0.25) is 0 Å². The van der Waals surface area contributed by atoms with E-state index in [4.69, 9.17) is 9.47 Å². The Morgan fingerprint density at radius 3 is 2.33 bits per heavy atom. The Bertz CT molecular complexity index is 1500. The molecule has 0 aliphatic carbocycles. The normalized spacial score (nSPS) is 12.8. The molecule has 1 aromatic heterocycles. The summed E-state index contributed by atoms with van der Waals surface area (Å²) in [6.45, 7) is 12.9. The van der Waals surface area contributed by atoms with Gasteiger partial charge >= 0.3 is 5.97 Å². The van der Waals surface area contributed by atoms with Crippen LogP contribution in [0.1, 0.15) is 78.0 Å². The maximum Gasteiger partial charge on any atom is 0.346 e. The van der Waals surface area contributed by atoms with Crippen molar-refractivity contribution in [3.05, 3.63) is 100 Å². The van der Waals surface area contributed by atoms with E-state index in [9.17, 15) is 9.59 Å². The molecule has 4 rings (SSSR count). The second-order valence-corrected chi connectivity index (χ2v) is 10.5. The molecular weight excluding hydrogens is 488 g/mol. The van der Waals surface area contributed by atoms with E-state index in [1.165, 1.54) is 12.7 Å². The van der Waals surface area contributed by atoms with Crippen molar-refractivity contribution in [1.29, 1.82) is 0 Å². The third kappa shape index (κ3) is 6.17. The van der Waals surface area contributed by atoms with Crippen molar-refractivity contribution < 1.29 is 19.1 Å². The van der Waals surface area contributed by atoms with Crippen molar-refractivity contribution in [1.82, 2.24) is 9.88 Å². The molecule has 1 unspecified atom stereocenters. The predicted molar refractivity (Wildman–Crippen MR) is 155 cm³/mol. The zero-order valence-corrected chi connectivity index (χ0v) is 23.9. The van der Waals surface area contributed by atoms with Gasteiger partial charge in [-0.3, -0.25) is 4.79 Å². The summed E-state index contributed by atoms with van der Waals surface area (Å²) < 4.78 is 12.8. The van der Waals surface area contributed by atoms with Gasteiger partial charge in [-0.25, -0.2) is 4.79 Å². The third-order valence-electron chi connectivity index (χ3n) is 7.41. The van der Waals surface area contributed by atoms with Crippen LogP contribution in [0.25, 0.3) is 10.9 Å². The standard InChI is InChI=1S/C33H38N2O4/c1-20(2)26-11-9-12-27(17-26)22(4)34-32(36)28-14-15-31-30(18-28)21(3)23(5)35(31)19-25-10-8-13-29(16-25)39-24(6)33(37)38-7/h8-18,20,22,24H,19H2,1-7H3,(H,34,36)/t22-,24?/m0/s1. The van der Waals surface area contributed by atoms with E-state index < -0.39 is 12.1 Å². The number of rotatable bonds is 9. The van der Waals surface area contributed by atoms with Crippen LogP contribution in [-0.4, -0.2) is 29.7 Å². The molecule has 0 saturated carbocycles. The van der Waals surface area contributed by atoms with Crippen molar-refractivity contribution in [3.63, 3.8) is 0 Å². The van der Waals surface area contributed by atoms with Gasteiger partial charge in [-0.1, -0.05) is 50.2 Å². The lowest BCUT2D eigenvalue weighted by molar-refractivity contribution is -0.147. The first kappa shape index (κ1) is 28.0. The van der Waals surface area contributed by atoms with Crippen molar-refractivity contribution >= 4 is 22.8 Å². The zero-order chi connectivity index (χ0) is 28.3. The largest absolute Gasteiger partial charge is 0.479 e.